The van der Waals surface area contributed by atoms with Crippen LogP contribution in [-0.4, -0.2) is 41.7 Å². The van der Waals surface area contributed by atoms with Crippen molar-refractivity contribution in [3.63, 3.8) is 0 Å². The molecule has 0 aromatic heterocycles. The van der Waals surface area contributed by atoms with Gasteiger partial charge in [0, 0.05) is 13.1 Å². The molecule has 0 spiro atoms. The second-order valence-electron chi connectivity index (χ2n) is 4.55. The maximum atomic E-state index is 12.0. The lowest BCUT2D eigenvalue weighted by Crippen LogP contribution is -2.30. The van der Waals surface area contributed by atoms with E-state index in [1.165, 1.54) is 0 Å². The van der Waals surface area contributed by atoms with E-state index in [9.17, 15) is 9.90 Å². The molecule has 1 aromatic rings. The summed E-state index contributed by atoms with van der Waals surface area (Å²) < 4.78 is 5.14. The van der Waals surface area contributed by atoms with Crippen molar-refractivity contribution in [2.45, 2.75) is 18.9 Å². The van der Waals surface area contributed by atoms with Crippen LogP contribution in [0.4, 0.5) is 0 Å². The molecule has 1 aliphatic rings. The topological polar surface area (TPSA) is 73.6 Å². The lowest BCUT2D eigenvalue weighted by atomic mass is 10.1. The fourth-order valence-electron chi connectivity index (χ4n) is 2.07. The number of aliphatic hydroxyl groups excluding tert-OH is 1. The second-order valence-corrected chi connectivity index (χ2v) is 4.55. The standard InChI is InChI=1S/C14H16N2O3/c15-6-8-19-13-3-1-11(2-4-13)9-14(18)16-7-5-12(17)10-16/h1-4,12,17H,5,7-10H2/t12-/m0/s1. The number of hydrogen-bond acceptors (Lipinski definition) is 4. The van der Waals surface area contributed by atoms with Gasteiger partial charge in [-0.25, -0.2) is 0 Å². The molecule has 1 atom stereocenters. The second kappa shape index (κ2) is 6.21. The normalized spacial score (nSPS) is 18.1. The number of rotatable bonds is 4. The first kappa shape index (κ1) is 13.4. The van der Waals surface area contributed by atoms with E-state index < -0.39 is 0 Å². The molecule has 1 N–H and O–H groups in total. The first-order valence-electron chi connectivity index (χ1n) is 6.23. The summed E-state index contributed by atoms with van der Waals surface area (Å²) in [4.78, 5) is 13.6. The van der Waals surface area contributed by atoms with Crippen molar-refractivity contribution in [2.75, 3.05) is 19.7 Å². The molecule has 2 rings (SSSR count). The van der Waals surface area contributed by atoms with Gasteiger partial charge in [0.25, 0.3) is 0 Å². The van der Waals surface area contributed by atoms with E-state index in [-0.39, 0.29) is 18.6 Å². The van der Waals surface area contributed by atoms with Gasteiger partial charge >= 0.3 is 0 Å². The molecule has 1 aromatic carbocycles. The van der Waals surface area contributed by atoms with Crippen molar-refractivity contribution < 1.29 is 14.6 Å². The molecule has 1 fully saturated rings. The Labute approximate surface area is 112 Å². The van der Waals surface area contributed by atoms with Crippen LogP contribution in [0.3, 0.4) is 0 Å². The summed E-state index contributed by atoms with van der Waals surface area (Å²) in [7, 11) is 0. The van der Waals surface area contributed by atoms with Gasteiger partial charge in [-0.2, -0.15) is 5.26 Å². The highest BCUT2D eigenvalue weighted by molar-refractivity contribution is 5.79. The molecule has 0 unspecified atom stereocenters. The number of ether oxygens (including phenoxy) is 1. The number of amides is 1. The molecule has 1 aliphatic heterocycles. The van der Waals surface area contributed by atoms with Gasteiger partial charge in [0.1, 0.15) is 11.8 Å². The van der Waals surface area contributed by atoms with Crippen molar-refractivity contribution in [1.29, 1.82) is 5.26 Å². The predicted molar refractivity (Wildman–Crippen MR) is 68.5 cm³/mol. The molecule has 100 valence electrons. The number of likely N-dealkylation sites (tertiary alicyclic amines) is 1. The van der Waals surface area contributed by atoms with Crippen LogP contribution in [-0.2, 0) is 11.2 Å². The maximum absolute atomic E-state index is 12.0. The van der Waals surface area contributed by atoms with Crippen LogP contribution in [0.1, 0.15) is 12.0 Å². The summed E-state index contributed by atoms with van der Waals surface area (Å²) in [5, 5.41) is 17.8. The van der Waals surface area contributed by atoms with Gasteiger partial charge in [-0.15, -0.1) is 0 Å². The zero-order valence-corrected chi connectivity index (χ0v) is 10.6. The van der Waals surface area contributed by atoms with Gasteiger partial charge in [0.15, 0.2) is 6.61 Å². The zero-order valence-electron chi connectivity index (χ0n) is 10.6. The van der Waals surface area contributed by atoms with Crippen LogP contribution in [0.2, 0.25) is 0 Å². The van der Waals surface area contributed by atoms with E-state index in [1.807, 2.05) is 18.2 Å². The summed E-state index contributed by atoms with van der Waals surface area (Å²) in [5.74, 6) is 0.650. The number of benzene rings is 1. The fourth-order valence-corrected chi connectivity index (χ4v) is 2.07. The number of hydrogen-bond donors (Lipinski definition) is 1. The average molecular weight is 260 g/mol. The van der Waals surface area contributed by atoms with Crippen molar-refractivity contribution in [1.82, 2.24) is 4.90 Å². The van der Waals surface area contributed by atoms with Crippen molar-refractivity contribution >= 4 is 5.91 Å². The Balaban J connectivity index is 1.89. The van der Waals surface area contributed by atoms with E-state index in [0.717, 1.165) is 5.56 Å². The van der Waals surface area contributed by atoms with Crippen molar-refractivity contribution in [3.05, 3.63) is 29.8 Å². The first-order valence-corrected chi connectivity index (χ1v) is 6.23. The molecule has 0 saturated carbocycles. The van der Waals surface area contributed by atoms with Crippen LogP contribution >= 0.6 is 0 Å². The summed E-state index contributed by atoms with van der Waals surface area (Å²) in [5.41, 5.74) is 0.899. The van der Waals surface area contributed by atoms with Gasteiger partial charge in [0.2, 0.25) is 5.91 Å². The van der Waals surface area contributed by atoms with Crippen LogP contribution in [0.5, 0.6) is 5.75 Å². The van der Waals surface area contributed by atoms with Gasteiger partial charge in [0.05, 0.1) is 12.5 Å². The molecule has 5 nitrogen and oxygen atoms in total. The molecular weight excluding hydrogens is 244 g/mol. The number of nitrogens with zero attached hydrogens (tertiary/aromatic N) is 2. The van der Waals surface area contributed by atoms with Gasteiger partial charge < -0.3 is 14.7 Å². The van der Waals surface area contributed by atoms with E-state index in [4.69, 9.17) is 10.00 Å². The van der Waals surface area contributed by atoms with Crippen LogP contribution in [0.15, 0.2) is 24.3 Å². The Morgan fingerprint density at radius 1 is 1.47 bits per heavy atom. The van der Waals surface area contributed by atoms with Crippen LogP contribution < -0.4 is 4.74 Å². The number of aliphatic hydroxyl groups is 1. The molecule has 1 saturated heterocycles. The van der Waals surface area contributed by atoms with E-state index in [1.54, 1.807) is 17.0 Å². The summed E-state index contributed by atoms with van der Waals surface area (Å²) in [6.45, 7) is 1.08. The van der Waals surface area contributed by atoms with Crippen LogP contribution in [0, 0.1) is 11.3 Å². The minimum Gasteiger partial charge on any atom is -0.479 e. The Hall–Kier alpha value is -2.06. The first-order chi connectivity index (χ1) is 9.19. The third-order valence-electron chi connectivity index (χ3n) is 3.10. The Kier molecular flexibility index (Phi) is 4.37. The van der Waals surface area contributed by atoms with E-state index >= 15 is 0 Å². The lowest BCUT2D eigenvalue weighted by Gasteiger charge is -2.15. The molecule has 0 aliphatic carbocycles. The lowest BCUT2D eigenvalue weighted by molar-refractivity contribution is -0.129. The third-order valence-corrected chi connectivity index (χ3v) is 3.10. The monoisotopic (exact) mass is 260 g/mol. The van der Waals surface area contributed by atoms with Gasteiger partial charge in [-0.3, -0.25) is 4.79 Å². The zero-order chi connectivity index (χ0) is 13.7. The SMILES string of the molecule is N#CCOc1ccc(CC(=O)N2CC[C@H](O)C2)cc1. The molecule has 1 heterocycles. The largest absolute Gasteiger partial charge is 0.479 e. The van der Waals surface area contributed by atoms with Crippen molar-refractivity contribution in [2.24, 2.45) is 0 Å². The molecule has 0 bridgehead atoms. The predicted octanol–water partition coefficient (Wildman–Crippen LogP) is 0.725. The molecule has 5 heteroatoms. The van der Waals surface area contributed by atoms with E-state index in [0.29, 0.717) is 31.7 Å². The minimum atomic E-state index is -0.384. The Bertz CT molecular complexity index is 478. The number of carbonyl (C=O) groups is 1. The van der Waals surface area contributed by atoms with Crippen molar-refractivity contribution in [3.8, 4) is 11.8 Å². The van der Waals surface area contributed by atoms with E-state index in [2.05, 4.69) is 0 Å². The highest BCUT2D eigenvalue weighted by atomic mass is 16.5. The quantitative estimate of drug-likeness (QED) is 0.866. The highest BCUT2D eigenvalue weighted by Crippen LogP contribution is 2.15. The molecule has 0 radical (unpaired) electrons. The minimum absolute atomic E-state index is 0.0178. The average Bonchev–Trinajstić information content (AvgIpc) is 2.85. The molecule has 1 amide bonds. The van der Waals surface area contributed by atoms with Gasteiger partial charge in [-0.05, 0) is 24.1 Å². The Morgan fingerprint density at radius 2 is 2.21 bits per heavy atom. The van der Waals surface area contributed by atoms with Gasteiger partial charge in [-0.1, -0.05) is 12.1 Å². The smallest absolute Gasteiger partial charge is 0.227 e. The van der Waals surface area contributed by atoms with Crippen LogP contribution in [0.25, 0.3) is 0 Å². The maximum Gasteiger partial charge on any atom is 0.227 e. The summed E-state index contributed by atoms with van der Waals surface area (Å²) >= 11 is 0. The number of carbonyl (C=O) groups excluding carboxylic acids is 1. The molecular formula is C14H16N2O3. The molecule has 19 heavy (non-hydrogen) atoms. The summed E-state index contributed by atoms with van der Waals surface area (Å²) in [6, 6.07) is 9.03. The third kappa shape index (κ3) is 3.70. The number of β-amino-alcohol motifs (C(OH)–C–C–N with tert-alkyl or cyclic N) is 1. The summed E-state index contributed by atoms with van der Waals surface area (Å²) in [6.07, 6.45) is 0.600. The Morgan fingerprint density at radius 3 is 2.79 bits per heavy atom. The number of nitriles is 1. The highest BCUT2D eigenvalue weighted by Gasteiger charge is 2.24. The fraction of sp³-hybridized carbons (Fsp3) is 0.429.